The highest BCUT2D eigenvalue weighted by atomic mass is 16.5. The summed E-state index contributed by atoms with van der Waals surface area (Å²) in [5, 5.41) is 3.71. The van der Waals surface area contributed by atoms with Crippen molar-refractivity contribution in [1.29, 1.82) is 0 Å². The summed E-state index contributed by atoms with van der Waals surface area (Å²) >= 11 is 0. The monoisotopic (exact) mass is 291 g/mol. The smallest absolute Gasteiger partial charge is 0.0814 e. The number of benzene rings is 1. The Balaban J connectivity index is 3.27. The Hall–Kier alpha value is -0.860. The molecular weight excluding hydrogens is 258 g/mol. The zero-order chi connectivity index (χ0) is 16.2. The SMILES string of the molecule is CCCNC(c1cc(C)c(C)cc1C)C(OC)C(C)(C)C. The van der Waals surface area contributed by atoms with Gasteiger partial charge in [-0.3, -0.25) is 0 Å². The van der Waals surface area contributed by atoms with Crippen LogP contribution in [0.1, 0.15) is 62.4 Å². The number of nitrogens with one attached hydrogen (secondary N) is 1. The molecule has 2 heteroatoms. The van der Waals surface area contributed by atoms with Crippen LogP contribution in [-0.2, 0) is 4.74 Å². The average molecular weight is 291 g/mol. The third-order valence-corrected chi connectivity index (χ3v) is 4.24. The van der Waals surface area contributed by atoms with Crippen LogP contribution in [0.25, 0.3) is 0 Å². The molecule has 0 bridgehead atoms. The van der Waals surface area contributed by atoms with Crippen molar-refractivity contribution in [1.82, 2.24) is 5.32 Å². The molecule has 1 aromatic rings. The first-order valence-corrected chi connectivity index (χ1v) is 8.06. The van der Waals surface area contributed by atoms with Crippen LogP contribution in [0.3, 0.4) is 0 Å². The molecule has 1 aromatic carbocycles. The number of methoxy groups -OCH3 is 1. The number of hydrogen-bond donors (Lipinski definition) is 1. The van der Waals surface area contributed by atoms with Crippen LogP contribution in [0.15, 0.2) is 12.1 Å². The highest BCUT2D eigenvalue weighted by molar-refractivity contribution is 5.39. The van der Waals surface area contributed by atoms with Crippen LogP contribution in [0.4, 0.5) is 0 Å². The summed E-state index contributed by atoms with van der Waals surface area (Å²) in [5.74, 6) is 0. The first kappa shape index (κ1) is 18.2. The highest BCUT2D eigenvalue weighted by Crippen LogP contribution is 2.34. The third-order valence-electron chi connectivity index (χ3n) is 4.24. The molecular formula is C19H33NO. The summed E-state index contributed by atoms with van der Waals surface area (Å²) in [5.41, 5.74) is 5.51. The summed E-state index contributed by atoms with van der Waals surface area (Å²) in [7, 11) is 1.83. The van der Waals surface area contributed by atoms with Gasteiger partial charge in [-0.25, -0.2) is 0 Å². The fourth-order valence-corrected chi connectivity index (χ4v) is 2.99. The fourth-order valence-electron chi connectivity index (χ4n) is 2.99. The van der Waals surface area contributed by atoms with Crippen LogP contribution in [0.2, 0.25) is 0 Å². The van der Waals surface area contributed by atoms with E-state index >= 15 is 0 Å². The molecule has 0 fully saturated rings. The lowest BCUT2D eigenvalue weighted by Gasteiger charge is -2.37. The second kappa shape index (κ2) is 7.42. The van der Waals surface area contributed by atoms with E-state index in [0.717, 1.165) is 13.0 Å². The van der Waals surface area contributed by atoms with Gasteiger partial charge in [-0.15, -0.1) is 0 Å². The maximum Gasteiger partial charge on any atom is 0.0814 e. The number of hydrogen-bond acceptors (Lipinski definition) is 2. The number of ether oxygens (including phenoxy) is 1. The van der Waals surface area contributed by atoms with Crippen molar-refractivity contribution in [2.75, 3.05) is 13.7 Å². The molecule has 0 aliphatic carbocycles. The van der Waals surface area contributed by atoms with E-state index in [9.17, 15) is 0 Å². The van der Waals surface area contributed by atoms with E-state index in [1.807, 2.05) is 7.11 Å². The molecule has 120 valence electrons. The van der Waals surface area contributed by atoms with Crippen molar-refractivity contribution in [3.8, 4) is 0 Å². The molecule has 0 amide bonds. The molecule has 2 unspecified atom stereocenters. The molecule has 2 atom stereocenters. The molecule has 0 aromatic heterocycles. The maximum absolute atomic E-state index is 5.89. The number of rotatable bonds is 6. The normalized spacial score (nSPS) is 15.0. The van der Waals surface area contributed by atoms with Gasteiger partial charge in [0.25, 0.3) is 0 Å². The molecule has 0 aliphatic heterocycles. The zero-order valence-electron chi connectivity index (χ0n) is 15.1. The molecule has 0 radical (unpaired) electrons. The summed E-state index contributed by atoms with van der Waals surface area (Å²) in [6.45, 7) is 16.5. The van der Waals surface area contributed by atoms with E-state index in [2.05, 4.69) is 65.9 Å². The fraction of sp³-hybridized carbons (Fsp3) is 0.684. The third kappa shape index (κ3) is 4.55. The van der Waals surface area contributed by atoms with Gasteiger partial charge in [0.05, 0.1) is 12.1 Å². The van der Waals surface area contributed by atoms with Crippen LogP contribution in [-0.4, -0.2) is 19.8 Å². The van der Waals surface area contributed by atoms with E-state index in [1.54, 1.807) is 0 Å². The Labute approximate surface area is 131 Å². The summed E-state index contributed by atoms with van der Waals surface area (Å²) in [4.78, 5) is 0. The standard InChI is InChI=1S/C19H33NO/c1-9-10-20-17(18(21-8)19(5,6)7)16-12-14(3)13(2)11-15(16)4/h11-12,17-18,20H,9-10H2,1-8H3. The summed E-state index contributed by atoms with van der Waals surface area (Å²) < 4.78 is 5.89. The van der Waals surface area contributed by atoms with Gasteiger partial charge in [-0.05, 0) is 61.4 Å². The molecule has 0 saturated heterocycles. The van der Waals surface area contributed by atoms with E-state index in [4.69, 9.17) is 4.74 Å². The van der Waals surface area contributed by atoms with E-state index < -0.39 is 0 Å². The van der Waals surface area contributed by atoms with Crippen LogP contribution in [0, 0.1) is 26.2 Å². The van der Waals surface area contributed by atoms with Crippen molar-refractivity contribution in [3.05, 3.63) is 34.4 Å². The molecule has 21 heavy (non-hydrogen) atoms. The van der Waals surface area contributed by atoms with E-state index in [1.165, 1.54) is 22.3 Å². The van der Waals surface area contributed by atoms with Crippen molar-refractivity contribution in [3.63, 3.8) is 0 Å². The van der Waals surface area contributed by atoms with Gasteiger partial charge in [0, 0.05) is 7.11 Å². The molecule has 0 heterocycles. The van der Waals surface area contributed by atoms with Gasteiger partial charge in [-0.1, -0.05) is 39.8 Å². The molecule has 2 nitrogen and oxygen atoms in total. The molecule has 0 saturated carbocycles. The quantitative estimate of drug-likeness (QED) is 0.819. The molecule has 0 aliphatic rings. The van der Waals surface area contributed by atoms with Crippen LogP contribution < -0.4 is 5.32 Å². The second-order valence-electron chi connectivity index (χ2n) is 7.25. The van der Waals surface area contributed by atoms with Gasteiger partial charge >= 0.3 is 0 Å². The van der Waals surface area contributed by atoms with E-state index in [0.29, 0.717) is 0 Å². The summed E-state index contributed by atoms with van der Waals surface area (Å²) in [6.07, 6.45) is 1.27. The van der Waals surface area contributed by atoms with Gasteiger partial charge < -0.3 is 10.1 Å². The minimum Gasteiger partial charge on any atom is -0.379 e. The first-order chi connectivity index (χ1) is 9.72. The first-order valence-electron chi connectivity index (χ1n) is 8.06. The lowest BCUT2D eigenvalue weighted by Crippen LogP contribution is -2.42. The zero-order valence-corrected chi connectivity index (χ0v) is 15.1. The lowest BCUT2D eigenvalue weighted by atomic mass is 9.80. The van der Waals surface area contributed by atoms with Gasteiger partial charge in [0.1, 0.15) is 0 Å². The average Bonchev–Trinajstić information content (AvgIpc) is 2.37. The van der Waals surface area contributed by atoms with Gasteiger partial charge in [0.2, 0.25) is 0 Å². The van der Waals surface area contributed by atoms with Crippen molar-refractivity contribution in [2.24, 2.45) is 5.41 Å². The Bertz CT molecular complexity index is 459. The lowest BCUT2D eigenvalue weighted by molar-refractivity contribution is -0.0120. The topological polar surface area (TPSA) is 21.3 Å². The highest BCUT2D eigenvalue weighted by Gasteiger charge is 2.33. The minimum atomic E-state index is 0.0887. The molecule has 1 rings (SSSR count). The van der Waals surface area contributed by atoms with Gasteiger partial charge in [-0.2, -0.15) is 0 Å². The Morgan fingerprint density at radius 3 is 2.10 bits per heavy atom. The Kier molecular flexibility index (Phi) is 6.42. The van der Waals surface area contributed by atoms with E-state index in [-0.39, 0.29) is 17.6 Å². The van der Waals surface area contributed by atoms with Gasteiger partial charge in [0.15, 0.2) is 0 Å². The van der Waals surface area contributed by atoms with Crippen molar-refractivity contribution in [2.45, 2.75) is 67.0 Å². The maximum atomic E-state index is 5.89. The largest absolute Gasteiger partial charge is 0.379 e. The Morgan fingerprint density at radius 2 is 1.62 bits per heavy atom. The minimum absolute atomic E-state index is 0.0887. The predicted molar refractivity (Wildman–Crippen MR) is 91.9 cm³/mol. The van der Waals surface area contributed by atoms with Crippen LogP contribution in [0.5, 0.6) is 0 Å². The van der Waals surface area contributed by atoms with Crippen LogP contribution >= 0.6 is 0 Å². The number of aryl methyl sites for hydroxylation is 3. The second-order valence-corrected chi connectivity index (χ2v) is 7.25. The van der Waals surface area contributed by atoms with Crippen molar-refractivity contribution >= 4 is 0 Å². The van der Waals surface area contributed by atoms with Crippen molar-refractivity contribution < 1.29 is 4.74 Å². The summed E-state index contributed by atoms with van der Waals surface area (Å²) in [6, 6.07) is 4.85. The molecule has 0 spiro atoms. The Morgan fingerprint density at radius 1 is 1.05 bits per heavy atom. The molecule has 1 N–H and O–H groups in total. The predicted octanol–water partition coefficient (Wildman–Crippen LogP) is 4.71.